The molecule has 0 heterocycles. The molecule has 0 unspecified atom stereocenters. The number of nitrogens with two attached hydrogens (primary N) is 2. The Morgan fingerprint density at radius 1 is 1.33 bits per heavy atom. The monoisotopic (exact) mass is 210 g/mol. The molecular formula is C8H10N4O3. The van der Waals surface area contributed by atoms with E-state index < -0.39 is 12.1 Å². The van der Waals surface area contributed by atoms with Gasteiger partial charge in [0.2, 0.25) is 0 Å². The average molecular weight is 210 g/mol. The number of hydrogen-bond donors (Lipinski definition) is 4. The Balaban J connectivity index is 2.98. The van der Waals surface area contributed by atoms with Gasteiger partial charge < -0.3 is 16.6 Å². The molecule has 0 fully saturated rings. The molecule has 0 bridgehead atoms. The van der Waals surface area contributed by atoms with Gasteiger partial charge in [-0.05, 0) is 12.1 Å². The van der Waals surface area contributed by atoms with Crippen LogP contribution in [-0.4, -0.2) is 17.2 Å². The van der Waals surface area contributed by atoms with Crippen molar-refractivity contribution in [2.75, 3.05) is 5.01 Å². The maximum atomic E-state index is 10.9. The van der Waals surface area contributed by atoms with Gasteiger partial charge in [0, 0.05) is 6.07 Å². The molecule has 1 aromatic carbocycles. The van der Waals surface area contributed by atoms with Crippen LogP contribution < -0.4 is 21.9 Å². The van der Waals surface area contributed by atoms with Gasteiger partial charge in [-0.3, -0.25) is 0 Å². The van der Waals surface area contributed by atoms with E-state index in [1.807, 2.05) is 5.43 Å². The van der Waals surface area contributed by atoms with Crippen molar-refractivity contribution in [3.05, 3.63) is 24.3 Å². The summed E-state index contributed by atoms with van der Waals surface area (Å²) in [5.74, 6) is -0.0648. The molecule has 7 nitrogen and oxygen atoms in total. The summed E-state index contributed by atoms with van der Waals surface area (Å²) < 4.78 is 0. The van der Waals surface area contributed by atoms with Crippen LogP contribution in [0.25, 0.3) is 0 Å². The first kappa shape index (κ1) is 10.6. The van der Waals surface area contributed by atoms with Crippen LogP contribution in [0.15, 0.2) is 24.3 Å². The first-order valence-corrected chi connectivity index (χ1v) is 3.95. The molecule has 80 valence electrons. The number of anilines is 1. The molecule has 4 amide bonds. The molecule has 6 N–H and O–H groups in total. The number of amides is 4. The molecule has 0 atom stereocenters. The van der Waals surface area contributed by atoms with Gasteiger partial charge in [0.1, 0.15) is 5.75 Å². The Hall–Kier alpha value is -2.44. The second-order valence-corrected chi connectivity index (χ2v) is 2.67. The van der Waals surface area contributed by atoms with Crippen molar-refractivity contribution in [1.29, 1.82) is 0 Å². The van der Waals surface area contributed by atoms with Crippen LogP contribution in [0.5, 0.6) is 5.75 Å². The molecule has 7 heteroatoms. The lowest BCUT2D eigenvalue weighted by molar-refractivity contribution is 0.240. The fraction of sp³-hybridized carbons (Fsp3) is 0. The zero-order valence-corrected chi connectivity index (χ0v) is 7.68. The summed E-state index contributed by atoms with van der Waals surface area (Å²) in [6.07, 6.45) is 0. The highest BCUT2D eigenvalue weighted by Crippen LogP contribution is 2.18. The Morgan fingerprint density at radius 3 is 2.47 bits per heavy atom. The minimum absolute atomic E-state index is 0.0648. The van der Waals surface area contributed by atoms with E-state index in [4.69, 9.17) is 16.6 Å². The van der Waals surface area contributed by atoms with E-state index in [-0.39, 0.29) is 11.4 Å². The lowest BCUT2D eigenvalue weighted by atomic mass is 10.3. The van der Waals surface area contributed by atoms with Crippen molar-refractivity contribution in [3.63, 3.8) is 0 Å². The van der Waals surface area contributed by atoms with E-state index in [2.05, 4.69) is 0 Å². The van der Waals surface area contributed by atoms with E-state index in [0.29, 0.717) is 0 Å². The van der Waals surface area contributed by atoms with E-state index in [0.717, 1.165) is 5.01 Å². The second kappa shape index (κ2) is 4.18. The predicted octanol–water partition coefficient (Wildman–Crippen LogP) is -0.139. The molecule has 1 rings (SSSR count). The number of hydrazine groups is 1. The number of carbonyl (C=O) groups excluding carboxylic acids is 2. The molecule has 0 saturated heterocycles. The Labute approximate surface area is 85.2 Å². The number of rotatable bonds is 1. The third-order valence-electron chi connectivity index (χ3n) is 1.53. The van der Waals surface area contributed by atoms with Gasteiger partial charge in [-0.15, -0.1) is 0 Å². The quantitative estimate of drug-likeness (QED) is 0.482. The number of nitrogens with zero attached hydrogens (tertiary/aromatic N) is 1. The fourth-order valence-electron chi connectivity index (χ4n) is 0.989. The van der Waals surface area contributed by atoms with Crippen molar-refractivity contribution >= 4 is 17.7 Å². The molecule has 0 aliphatic rings. The number of urea groups is 2. The highest BCUT2D eigenvalue weighted by atomic mass is 16.3. The highest BCUT2D eigenvalue weighted by Gasteiger charge is 2.13. The first-order chi connectivity index (χ1) is 7.00. The molecular weight excluding hydrogens is 200 g/mol. The molecule has 0 aliphatic carbocycles. The van der Waals surface area contributed by atoms with Crippen LogP contribution in [0.2, 0.25) is 0 Å². The summed E-state index contributed by atoms with van der Waals surface area (Å²) >= 11 is 0. The number of primary amides is 2. The zero-order valence-electron chi connectivity index (χ0n) is 7.68. The summed E-state index contributed by atoms with van der Waals surface area (Å²) in [6, 6.07) is 3.77. The van der Waals surface area contributed by atoms with Crippen LogP contribution in [0.4, 0.5) is 15.3 Å². The normalized spacial score (nSPS) is 9.33. The maximum absolute atomic E-state index is 10.9. The zero-order chi connectivity index (χ0) is 11.4. The van der Waals surface area contributed by atoms with Crippen LogP contribution in [-0.2, 0) is 0 Å². The number of nitrogens with one attached hydrogen (secondary N) is 1. The summed E-state index contributed by atoms with van der Waals surface area (Å²) in [5.41, 5.74) is 12.1. The van der Waals surface area contributed by atoms with Gasteiger partial charge >= 0.3 is 12.1 Å². The average Bonchev–Trinajstić information content (AvgIpc) is 2.13. The third-order valence-corrected chi connectivity index (χ3v) is 1.53. The number of hydrogen-bond acceptors (Lipinski definition) is 3. The largest absolute Gasteiger partial charge is 0.508 e. The molecule has 0 aliphatic heterocycles. The van der Waals surface area contributed by atoms with Gasteiger partial charge in [-0.25, -0.2) is 20.0 Å². The molecule has 0 radical (unpaired) electrons. The first-order valence-electron chi connectivity index (χ1n) is 3.95. The van der Waals surface area contributed by atoms with Crippen LogP contribution in [0.3, 0.4) is 0 Å². The van der Waals surface area contributed by atoms with Crippen molar-refractivity contribution in [1.82, 2.24) is 5.43 Å². The van der Waals surface area contributed by atoms with Gasteiger partial charge in [0.15, 0.2) is 0 Å². The third kappa shape index (κ3) is 2.76. The molecule has 15 heavy (non-hydrogen) atoms. The van der Waals surface area contributed by atoms with Crippen LogP contribution >= 0.6 is 0 Å². The fourth-order valence-corrected chi connectivity index (χ4v) is 0.989. The van der Waals surface area contributed by atoms with Crippen LogP contribution in [0, 0.1) is 0 Å². The smallest absolute Gasteiger partial charge is 0.338 e. The lowest BCUT2D eigenvalue weighted by Crippen LogP contribution is -2.51. The molecule has 0 spiro atoms. The molecule has 1 aromatic rings. The minimum atomic E-state index is -0.933. The number of carbonyl (C=O) groups is 2. The Morgan fingerprint density at radius 2 is 2.00 bits per heavy atom. The topological polar surface area (TPSA) is 122 Å². The van der Waals surface area contributed by atoms with E-state index in [9.17, 15) is 9.59 Å². The van der Waals surface area contributed by atoms with Crippen molar-refractivity contribution in [2.45, 2.75) is 0 Å². The number of benzene rings is 1. The number of aromatic hydroxyl groups is 1. The van der Waals surface area contributed by atoms with Gasteiger partial charge in [0.25, 0.3) is 0 Å². The number of phenolic OH excluding ortho intramolecular Hbond substituents is 1. The van der Waals surface area contributed by atoms with Gasteiger partial charge in [-0.2, -0.15) is 0 Å². The van der Waals surface area contributed by atoms with Crippen molar-refractivity contribution < 1.29 is 14.7 Å². The van der Waals surface area contributed by atoms with Crippen molar-refractivity contribution in [3.8, 4) is 5.75 Å². The lowest BCUT2D eigenvalue weighted by Gasteiger charge is -2.19. The van der Waals surface area contributed by atoms with E-state index in [1.54, 1.807) is 0 Å². The predicted molar refractivity (Wildman–Crippen MR) is 52.9 cm³/mol. The maximum Gasteiger partial charge on any atom is 0.338 e. The van der Waals surface area contributed by atoms with E-state index >= 15 is 0 Å². The summed E-state index contributed by atoms with van der Waals surface area (Å²) in [6.45, 7) is 0. The minimum Gasteiger partial charge on any atom is -0.508 e. The SMILES string of the molecule is NC(=O)NN(C(N)=O)c1cccc(O)c1. The standard InChI is InChI=1S/C8H10N4O3/c9-7(14)11-12(8(10)15)5-2-1-3-6(13)4-5/h1-4,13H,(H2,10,15)(H3,9,11,14). The molecule has 0 saturated carbocycles. The van der Waals surface area contributed by atoms with E-state index in [1.165, 1.54) is 24.3 Å². The molecule has 0 aromatic heterocycles. The Bertz CT molecular complexity index is 393. The van der Waals surface area contributed by atoms with Crippen LogP contribution in [0.1, 0.15) is 0 Å². The second-order valence-electron chi connectivity index (χ2n) is 2.67. The van der Waals surface area contributed by atoms with Gasteiger partial charge in [-0.1, -0.05) is 6.07 Å². The highest BCUT2D eigenvalue weighted by molar-refractivity contribution is 5.93. The summed E-state index contributed by atoms with van der Waals surface area (Å²) in [7, 11) is 0. The Kier molecular flexibility index (Phi) is 2.97. The summed E-state index contributed by atoms with van der Waals surface area (Å²) in [5, 5.41) is 9.88. The van der Waals surface area contributed by atoms with Crippen molar-refractivity contribution in [2.24, 2.45) is 11.5 Å². The number of phenols is 1. The summed E-state index contributed by atoms with van der Waals surface area (Å²) in [4.78, 5) is 21.5. The van der Waals surface area contributed by atoms with Gasteiger partial charge in [0.05, 0.1) is 5.69 Å².